The van der Waals surface area contributed by atoms with E-state index in [9.17, 15) is 4.79 Å². The van der Waals surface area contributed by atoms with Crippen LogP contribution >= 0.6 is 28.6 Å². The average Bonchev–Trinajstić information content (AvgIpc) is 2.40. The Morgan fingerprint density at radius 3 is 2.70 bits per heavy atom. The van der Waals surface area contributed by atoms with Crippen molar-refractivity contribution in [2.45, 2.75) is 25.2 Å². The number of rotatable bonds is 3. The van der Waals surface area contributed by atoms with E-state index < -0.39 is 0 Å². The van der Waals surface area contributed by atoms with Crippen molar-refractivity contribution in [3.63, 3.8) is 0 Å². The lowest BCUT2D eigenvalue weighted by molar-refractivity contribution is 0.102. The number of carbonyl (C=O) groups is 1. The largest absolute Gasteiger partial charge is 0.321 e. The summed E-state index contributed by atoms with van der Waals surface area (Å²) in [6.45, 7) is 4.08. The zero-order valence-electron chi connectivity index (χ0n) is 11.4. The Balaban J connectivity index is 2.33. The number of nitrogens with one attached hydrogen (secondary N) is 1. The van der Waals surface area contributed by atoms with Crippen LogP contribution < -0.4 is 5.32 Å². The van der Waals surface area contributed by atoms with Gasteiger partial charge in [-0.25, -0.2) is 0 Å². The van der Waals surface area contributed by atoms with Gasteiger partial charge in [-0.15, -0.1) is 12.6 Å². The second-order valence-electron chi connectivity index (χ2n) is 4.58. The molecular formula is C16H16BrNOS. The molecule has 2 rings (SSSR count). The van der Waals surface area contributed by atoms with E-state index in [4.69, 9.17) is 0 Å². The standard InChI is InChI=1S/C16H16BrNOS/c1-3-11-6-4-5-10(2)15(11)18-16(19)13-8-7-12(17)9-14(13)20/h4-9,20H,3H2,1-2H3,(H,18,19). The van der Waals surface area contributed by atoms with Crippen LogP contribution in [0.1, 0.15) is 28.4 Å². The number of aryl methyl sites for hydroxylation is 2. The first kappa shape index (κ1) is 15.1. The summed E-state index contributed by atoms with van der Waals surface area (Å²) in [5.74, 6) is -0.133. The topological polar surface area (TPSA) is 29.1 Å². The predicted molar refractivity (Wildman–Crippen MR) is 89.9 cm³/mol. The number of amides is 1. The van der Waals surface area contributed by atoms with Crippen LogP contribution in [0.5, 0.6) is 0 Å². The molecular weight excluding hydrogens is 334 g/mol. The molecule has 0 heterocycles. The van der Waals surface area contributed by atoms with Gasteiger partial charge < -0.3 is 5.32 Å². The summed E-state index contributed by atoms with van der Waals surface area (Å²) < 4.78 is 0.907. The number of hydrogen-bond donors (Lipinski definition) is 2. The molecule has 1 amide bonds. The molecule has 2 aromatic carbocycles. The number of thiol groups is 1. The van der Waals surface area contributed by atoms with Gasteiger partial charge in [0.15, 0.2) is 0 Å². The third kappa shape index (κ3) is 3.25. The Labute approximate surface area is 133 Å². The number of halogens is 1. The van der Waals surface area contributed by atoms with Crippen molar-refractivity contribution in [2.24, 2.45) is 0 Å². The summed E-state index contributed by atoms with van der Waals surface area (Å²) in [4.78, 5) is 13.0. The Kier molecular flexibility index (Phi) is 4.89. The molecule has 0 atom stereocenters. The summed E-state index contributed by atoms with van der Waals surface area (Å²) in [5.41, 5.74) is 3.67. The highest BCUT2D eigenvalue weighted by Gasteiger charge is 2.13. The maximum Gasteiger partial charge on any atom is 0.256 e. The Hall–Kier alpha value is -1.26. The fraction of sp³-hybridized carbons (Fsp3) is 0.188. The van der Waals surface area contributed by atoms with Gasteiger partial charge in [0.05, 0.1) is 5.56 Å². The van der Waals surface area contributed by atoms with E-state index in [2.05, 4.69) is 40.8 Å². The quantitative estimate of drug-likeness (QED) is 0.761. The lowest BCUT2D eigenvalue weighted by Gasteiger charge is -2.13. The van der Waals surface area contributed by atoms with E-state index in [-0.39, 0.29) is 5.91 Å². The van der Waals surface area contributed by atoms with Crippen molar-refractivity contribution in [1.82, 2.24) is 0 Å². The highest BCUT2D eigenvalue weighted by molar-refractivity contribution is 9.10. The third-order valence-corrected chi connectivity index (χ3v) is 4.05. The molecule has 0 saturated carbocycles. The first-order valence-corrected chi connectivity index (χ1v) is 7.65. The minimum atomic E-state index is -0.133. The second-order valence-corrected chi connectivity index (χ2v) is 5.98. The maximum absolute atomic E-state index is 12.4. The van der Waals surface area contributed by atoms with Gasteiger partial charge in [-0.2, -0.15) is 0 Å². The fourth-order valence-corrected chi connectivity index (χ4v) is 2.93. The van der Waals surface area contributed by atoms with Gasteiger partial charge in [0.25, 0.3) is 5.91 Å². The number of carbonyl (C=O) groups excluding carboxylic acids is 1. The lowest BCUT2D eigenvalue weighted by atomic mass is 10.1. The van der Waals surface area contributed by atoms with Crippen molar-refractivity contribution in [3.8, 4) is 0 Å². The number of hydrogen-bond acceptors (Lipinski definition) is 2. The van der Waals surface area contributed by atoms with Gasteiger partial charge in [-0.05, 0) is 42.7 Å². The monoisotopic (exact) mass is 349 g/mol. The summed E-state index contributed by atoms with van der Waals surface area (Å²) in [6.07, 6.45) is 0.880. The maximum atomic E-state index is 12.4. The minimum Gasteiger partial charge on any atom is -0.321 e. The van der Waals surface area contributed by atoms with Gasteiger partial charge in [0, 0.05) is 15.1 Å². The van der Waals surface area contributed by atoms with E-state index >= 15 is 0 Å². The summed E-state index contributed by atoms with van der Waals surface area (Å²) >= 11 is 7.72. The van der Waals surface area contributed by atoms with Gasteiger partial charge in [0.2, 0.25) is 0 Å². The van der Waals surface area contributed by atoms with E-state index in [0.29, 0.717) is 10.5 Å². The first-order chi connectivity index (χ1) is 9.52. The molecule has 104 valence electrons. The molecule has 2 nitrogen and oxygen atoms in total. The van der Waals surface area contributed by atoms with E-state index in [1.165, 1.54) is 0 Å². The molecule has 20 heavy (non-hydrogen) atoms. The van der Waals surface area contributed by atoms with Crippen LogP contribution in [-0.4, -0.2) is 5.91 Å². The lowest BCUT2D eigenvalue weighted by Crippen LogP contribution is -2.15. The fourth-order valence-electron chi connectivity index (χ4n) is 2.08. The van der Waals surface area contributed by atoms with Crippen molar-refractivity contribution in [1.29, 1.82) is 0 Å². The molecule has 0 fully saturated rings. The molecule has 0 aliphatic rings. The number of benzene rings is 2. The van der Waals surface area contributed by atoms with Crippen LogP contribution in [0.15, 0.2) is 45.8 Å². The number of para-hydroxylation sites is 1. The minimum absolute atomic E-state index is 0.133. The van der Waals surface area contributed by atoms with Gasteiger partial charge in [0.1, 0.15) is 0 Å². The van der Waals surface area contributed by atoms with Crippen molar-refractivity contribution in [3.05, 3.63) is 57.6 Å². The summed E-state index contributed by atoms with van der Waals surface area (Å²) in [6, 6.07) is 11.5. The number of anilines is 1. The summed E-state index contributed by atoms with van der Waals surface area (Å²) in [7, 11) is 0. The van der Waals surface area contributed by atoms with Crippen LogP contribution in [0.2, 0.25) is 0 Å². The van der Waals surface area contributed by atoms with E-state index in [0.717, 1.165) is 27.7 Å². The highest BCUT2D eigenvalue weighted by atomic mass is 79.9. The molecule has 0 bridgehead atoms. The van der Waals surface area contributed by atoms with Crippen molar-refractivity contribution < 1.29 is 4.79 Å². The van der Waals surface area contributed by atoms with E-state index in [1.807, 2.05) is 37.3 Å². The van der Waals surface area contributed by atoms with Crippen LogP contribution in [0.25, 0.3) is 0 Å². The van der Waals surface area contributed by atoms with Crippen LogP contribution in [0.4, 0.5) is 5.69 Å². The molecule has 0 spiro atoms. The highest BCUT2D eigenvalue weighted by Crippen LogP contribution is 2.24. The molecule has 0 saturated heterocycles. The van der Waals surface area contributed by atoms with Crippen LogP contribution in [0, 0.1) is 6.92 Å². The molecule has 2 aromatic rings. The zero-order chi connectivity index (χ0) is 14.7. The average molecular weight is 350 g/mol. The predicted octanol–water partition coefficient (Wildman–Crippen LogP) is 4.86. The Morgan fingerprint density at radius 2 is 2.05 bits per heavy atom. The van der Waals surface area contributed by atoms with Gasteiger partial charge in [-0.3, -0.25) is 4.79 Å². The molecule has 0 aromatic heterocycles. The van der Waals surface area contributed by atoms with Crippen LogP contribution in [-0.2, 0) is 6.42 Å². The first-order valence-electron chi connectivity index (χ1n) is 6.41. The Bertz CT molecular complexity index is 655. The normalized spacial score (nSPS) is 10.4. The van der Waals surface area contributed by atoms with Crippen molar-refractivity contribution >= 4 is 40.2 Å². The SMILES string of the molecule is CCc1cccc(C)c1NC(=O)c1ccc(Br)cc1S. The smallest absolute Gasteiger partial charge is 0.256 e. The van der Waals surface area contributed by atoms with Crippen molar-refractivity contribution in [2.75, 3.05) is 5.32 Å². The van der Waals surface area contributed by atoms with E-state index in [1.54, 1.807) is 6.07 Å². The molecule has 0 aliphatic heterocycles. The zero-order valence-corrected chi connectivity index (χ0v) is 13.9. The third-order valence-electron chi connectivity index (χ3n) is 3.18. The van der Waals surface area contributed by atoms with Gasteiger partial charge >= 0.3 is 0 Å². The second kappa shape index (κ2) is 6.46. The molecule has 0 radical (unpaired) electrons. The Morgan fingerprint density at radius 1 is 1.30 bits per heavy atom. The molecule has 0 aliphatic carbocycles. The molecule has 1 N–H and O–H groups in total. The molecule has 4 heteroatoms. The van der Waals surface area contributed by atoms with Gasteiger partial charge in [-0.1, -0.05) is 41.1 Å². The molecule has 0 unspecified atom stereocenters. The summed E-state index contributed by atoms with van der Waals surface area (Å²) in [5, 5.41) is 3.00. The van der Waals surface area contributed by atoms with Crippen LogP contribution in [0.3, 0.4) is 0 Å².